The van der Waals surface area contributed by atoms with Gasteiger partial charge in [-0.2, -0.15) is 0 Å². The molecule has 2 aromatic rings. The quantitative estimate of drug-likeness (QED) is 0.725. The Hall–Kier alpha value is -0.220. The predicted molar refractivity (Wildman–Crippen MR) is 82.0 cm³/mol. The van der Waals surface area contributed by atoms with Gasteiger partial charge in [0.25, 0.3) is 0 Å². The summed E-state index contributed by atoms with van der Waals surface area (Å²) in [6.07, 6.45) is 3.73. The molecule has 0 saturated heterocycles. The van der Waals surface area contributed by atoms with Crippen LogP contribution in [0.2, 0.25) is 0 Å². The number of halogens is 2. The zero-order valence-electron chi connectivity index (χ0n) is 9.14. The molecule has 2 aromatic heterocycles. The second-order valence-corrected chi connectivity index (χ2v) is 5.61. The molecule has 1 atom stereocenters. The summed E-state index contributed by atoms with van der Waals surface area (Å²) in [5.74, 6) is 0. The molecule has 0 aliphatic rings. The van der Waals surface area contributed by atoms with Crippen molar-refractivity contribution in [2.45, 2.75) is 19.4 Å². The summed E-state index contributed by atoms with van der Waals surface area (Å²) in [6, 6.07) is 3.80. The smallest absolute Gasteiger partial charge is 0.133 e. The van der Waals surface area contributed by atoms with Gasteiger partial charge in [-0.1, -0.05) is 6.92 Å². The van der Waals surface area contributed by atoms with Crippen molar-refractivity contribution in [1.29, 1.82) is 0 Å². The molecule has 4 nitrogen and oxygen atoms in total. The van der Waals surface area contributed by atoms with Crippen LogP contribution in [0.5, 0.6) is 0 Å². The Morgan fingerprint density at radius 3 is 2.59 bits per heavy atom. The first-order chi connectivity index (χ1) is 8.13. The lowest BCUT2D eigenvalue weighted by Crippen LogP contribution is -2.01. The van der Waals surface area contributed by atoms with Crippen LogP contribution < -0.4 is 0 Å². The number of aliphatic hydroxyl groups is 1. The Morgan fingerprint density at radius 2 is 2.12 bits per heavy atom. The van der Waals surface area contributed by atoms with Crippen LogP contribution in [-0.2, 0) is 0 Å². The number of nitrogens with zero attached hydrogens (tertiary/aromatic N) is 3. The van der Waals surface area contributed by atoms with E-state index >= 15 is 0 Å². The van der Waals surface area contributed by atoms with Crippen molar-refractivity contribution < 1.29 is 5.11 Å². The molecule has 2 rings (SSSR count). The summed E-state index contributed by atoms with van der Waals surface area (Å²) in [5.41, 5.74) is 1.66. The van der Waals surface area contributed by atoms with E-state index < -0.39 is 6.10 Å². The summed E-state index contributed by atoms with van der Waals surface area (Å²) in [5, 5.41) is 9.67. The Balaban J connectivity index is 2.32. The van der Waals surface area contributed by atoms with Crippen molar-refractivity contribution in [2.24, 2.45) is 0 Å². The minimum Gasteiger partial charge on any atom is -0.387 e. The maximum absolute atomic E-state index is 9.67. The Labute approximate surface area is 127 Å². The molecule has 0 aliphatic heterocycles. The van der Waals surface area contributed by atoms with Crippen molar-refractivity contribution in [1.82, 2.24) is 14.5 Å². The van der Waals surface area contributed by atoms with Gasteiger partial charge in [0.2, 0.25) is 0 Å². The number of hydrogen-bond donors (Lipinski definition) is 1. The van der Waals surface area contributed by atoms with Gasteiger partial charge >= 0.3 is 0 Å². The molecule has 1 N–H and O–H groups in total. The number of aromatic nitrogens is 3. The Kier molecular flexibility index (Phi) is 4.36. The fourth-order valence-corrected chi connectivity index (χ4v) is 2.36. The summed E-state index contributed by atoms with van der Waals surface area (Å²) in [7, 11) is 0. The molecule has 2 heterocycles. The molecule has 0 radical (unpaired) electrons. The van der Waals surface area contributed by atoms with Crippen LogP contribution in [0.15, 0.2) is 24.7 Å². The van der Waals surface area contributed by atoms with Gasteiger partial charge in [-0.3, -0.25) is 9.55 Å². The average molecular weight is 455 g/mol. The van der Waals surface area contributed by atoms with Crippen molar-refractivity contribution >= 4 is 45.2 Å². The highest BCUT2D eigenvalue weighted by molar-refractivity contribution is 14.1. The number of aliphatic hydroxyl groups excluding tert-OH is 1. The van der Waals surface area contributed by atoms with E-state index in [-0.39, 0.29) is 0 Å². The van der Waals surface area contributed by atoms with Gasteiger partial charge < -0.3 is 5.11 Å². The van der Waals surface area contributed by atoms with E-state index in [2.05, 4.69) is 55.1 Å². The largest absolute Gasteiger partial charge is 0.387 e. The third-order valence-electron chi connectivity index (χ3n) is 2.45. The highest BCUT2D eigenvalue weighted by Crippen LogP contribution is 2.19. The number of hydrogen-bond acceptors (Lipinski definition) is 3. The molecule has 0 amide bonds. The van der Waals surface area contributed by atoms with Crippen LogP contribution >= 0.6 is 45.2 Å². The molecule has 0 unspecified atom stereocenters. The van der Waals surface area contributed by atoms with Crippen molar-refractivity contribution in [3.8, 4) is 5.69 Å². The SMILES string of the molecule is CC[C@@H](O)c1ccc(-n2cnc(I)c2I)cn1. The summed E-state index contributed by atoms with van der Waals surface area (Å²) < 4.78 is 4.01. The van der Waals surface area contributed by atoms with E-state index in [1.54, 1.807) is 12.5 Å². The summed E-state index contributed by atoms with van der Waals surface area (Å²) in [4.78, 5) is 8.50. The van der Waals surface area contributed by atoms with Crippen LogP contribution in [0.1, 0.15) is 25.1 Å². The normalized spacial score (nSPS) is 12.7. The van der Waals surface area contributed by atoms with Crippen molar-refractivity contribution in [3.63, 3.8) is 0 Å². The van der Waals surface area contributed by atoms with Gasteiger partial charge in [0.15, 0.2) is 0 Å². The summed E-state index contributed by atoms with van der Waals surface area (Å²) >= 11 is 4.44. The van der Waals surface area contributed by atoms with Gasteiger partial charge in [-0.15, -0.1) is 0 Å². The number of pyridine rings is 1. The van der Waals surface area contributed by atoms with Gasteiger partial charge in [0, 0.05) is 0 Å². The fraction of sp³-hybridized carbons (Fsp3) is 0.273. The molecule has 17 heavy (non-hydrogen) atoms. The minimum absolute atomic E-state index is 0.481. The number of rotatable bonds is 3. The van der Waals surface area contributed by atoms with Crippen LogP contribution in [0, 0.1) is 7.40 Å². The standard InChI is InChI=1S/C11H11I2N3O/c1-2-9(17)8-4-3-7(5-14-8)16-6-15-10(12)11(16)13/h3-6,9,17H,2H2,1H3/t9-/m1/s1. The second-order valence-electron chi connectivity index (χ2n) is 3.56. The number of imidazole rings is 1. The van der Waals surface area contributed by atoms with E-state index in [0.29, 0.717) is 12.1 Å². The van der Waals surface area contributed by atoms with Gasteiger partial charge in [0.1, 0.15) is 13.7 Å². The first kappa shape index (κ1) is 13.2. The third kappa shape index (κ3) is 2.79. The molecule has 0 aliphatic carbocycles. The highest BCUT2D eigenvalue weighted by Gasteiger charge is 2.09. The first-order valence-corrected chi connectivity index (χ1v) is 7.32. The lowest BCUT2D eigenvalue weighted by Gasteiger charge is -2.08. The maximum atomic E-state index is 9.67. The van der Waals surface area contributed by atoms with Gasteiger partial charge in [0.05, 0.1) is 23.7 Å². The van der Waals surface area contributed by atoms with Crippen LogP contribution in [0.25, 0.3) is 5.69 Å². The molecule has 0 spiro atoms. The Morgan fingerprint density at radius 1 is 1.35 bits per heavy atom. The summed E-state index contributed by atoms with van der Waals surface area (Å²) in [6.45, 7) is 1.93. The predicted octanol–water partition coefficient (Wildman–Crippen LogP) is 2.92. The third-order valence-corrected chi connectivity index (χ3v) is 5.30. The van der Waals surface area contributed by atoms with Crippen LogP contribution in [-0.4, -0.2) is 19.6 Å². The van der Waals surface area contributed by atoms with E-state index in [0.717, 1.165) is 13.1 Å². The van der Waals surface area contributed by atoms with E-state index in [1.807, 2.05) is 23.6 Å². The van der Waals surface area contributed by atoms with E-state index in [4.69, 9.17) is 0 Å². The second kappa shape index (κ2) is 5.61. The van der Waals surface area contributed by atoms with Gasteiger partial charge in [-0.25, -0.2) is 4.98 Å². The molecule has 0 aromatic carbocycles. The highest BCUT2D eigenvalue weighted by atomic mass is 127. The van der Waals surface area contributed by atoms with Crippen LogP contribution in [0.4, 0.5) is 0 Å². The maximum Gasteiger partial charge on any atom is 0.133 e. The minimum atomic E-state index is -0.481. The van der Waals surface area contributed by atoms with E-state index in [9.17, 15) is 5.11 Å². The monoisotopic (exact) mass is 455 g/mol. The zero-order valence-corrected chi connectivity index (χ0v) is 13.5. The molecule has 0 fully saturated rings. The van der Waals surface area contributed by atoms with E-state index in [1.165, 1.54) is 0 Å². The Bertz CT molecular complexity index is 510. The van der Waals surface area contributed by atoms with Crippen LogP contribution in [0.3, 0.4) is 0 Å². The zero-order chi connectivity index (χ0) is 12.4. The first-order valence-electron chi connectivity index (χ1n) is 5.16. The molecule has 90 valence electrons. The molecular formula is C11H11I2N3O. The molecule has 6 heteroatoms. The van der Waals surface area contributed by atoms with Gasteiger partial charge in [-0.05, 0) is 63.7 Å². The van der Waals surface area contributed by atoms with Crippen molar-refractivity contribution in [3.05, 3.63) is 37.8 Å². The lowest BCUT2D eigenvalue weighted by molar-refractivity contribution is 0.169. The molecular weight excluding hydrogens is 444 g/mol. The lowest BCUT2D eigenvalue weighted by atomic mass is 10.2. The van der Waals surface area contributed by atoms with Crippen molar-refractivity contribution in [2.75, 3.05) is 0 Å². The fourth-order valence-electron chi connectivity index (χ4n) is 1.44. The molecule has 0 bridgehead atoms. The topological polar surface area (TPSA) is 50.9 Å². The average Bonchev–Trinajstić information content (AvgIpc) is 2.69. The molecule has 0 saturated carbocycles.